The van der Waals surface area contributed by atoms with Gasteiger partial charge in [0.25, 0.3) is 0 Å². The molecule has 5 atom stereocenters. The lowest BCUT2D eigenvalue weighted by atomic mass is 10.0. The third kappa shape index (κ3) is 1.73. The Bertz CT molecular complexity index is 150. The third-order valence-electron chi connectivity index (χ3n) is 1.87. The Morgan fingerprint density at radius 3 is 2.08 bits per heavy atom. The molecule has 0 aromatic carbocycles. The number of rotatable bonds is 1. The Morgan fingerprint density at radius 2 is 1.58 bits per heavy atom. The van der Waals surface area contributed by atoms with Gasteiger partial charge in [0.15, 0.2) is 6.29 Å². The summed E-state index contributed by atoms with van der Waals surface area (Å²) in [5, 5.41) is 36.4. The van der Waals surface area contributed by atoms with Crippen molar-refractivity contribution in [3.63, 3.8) is 0 Å². The number of ether oxygens (including phenoxy) is 1. The fourth-order valence-corrected chi connectivity index (χ4v) is 1.38. The molecular weight excluding hydrogens is 184 g/mol. The molecule has 0 bridgehead atoms. The molecule has 0 amide bonds. The highest BCUT2D eigenvalue weighted by Gasteiger charge is 2.42. The Kier molecular flexibility index (Phi) is 3.33. The Labute approximate surface area is 75.0 Å². The Hall–Kier alpha value is 0.150. The second kappa shape index (κ2) is 3.91. The molecule has 1 saturated heterocycles. The molecule has 0 aliphatic carbocycles. The lowest BCUT2D eigenvalue weighted by Crippen LogP contribution is -2.57. The van der Waals surface area contributed by atoms with Crippen molar-refractivity contribution in [3.05, 3.63) is 0 Å². The fourth-order valence-electron chi connectivity index (χ4n) is 1.08. The van der Waals surface area contributed by atoms with Crippen molar-refractivity contribution in [1.82, 2.24) is 0 Å². The molecule has 0 saturated carbocycles. The minimum Gasteiger partial charge on any atom is -0.388 e. The molecular formula is C6H12O5S. The van der Waals surface area contributed by atoms with Gasteiger partial charge in [-0.1, -0.05) is 0 Å². The van der Waals surface area contributed by atoms with Crippen molar-refractivity contribution in [2.24, 2.45) is 0 Å². The molecule has 2 unspecified atom stereocenters. The van der Waals surface area contributed by atoms with Crippen LogP contribution in [0.4, 0.5) is 0 Å². The predicted molar refractivity (Wildman–Crippen MR) is 42.8 cm³/mol. The van der Waals surface area contributed by atoms with Crippen LogP contribution in [0.15, 0.2) is 0 Å². The Balaban J connectivity index is 2.63. The van der Waals surface area contributed by atoms with E-state index in [1.54, 1.807) is 0 Å². The summed E-state index contributed by atoms with van der Waals surface area (Å²) in [7, 11) is 0. The van der Waals surface area contributed by atoms with E-state index >= 15 is 0 Å². The molecule has 4 N–H and O–H groups in total. The normalized spacial score (nSPS) is 49.2. The van der Waals surface area contributed by atoms with Gasteiger partial charge in [-0.2, -0.15) is 12.6 Å². The van der Waals surface area contributed by atoms with Gasteiger partial charge >= 0.3 is 0 Å². The van der Waals surface area contributed by atoms with Crippen molar-refractivity contribution in [2.45, 2.75) is 30.7 Å². The maximum absolute atomic E-state index is 9.23. The first kappa shape index (κ1) is 10.2. The van der Waals surface area contributed by atoms with Crippen molar-refractivity contribution < 1.29 is 25.2 Å². The van der Waals surface area contributed by atoms with Crippen LogP contribution in [0.3, 0.4) is 0 Å². The van der Waals surface area contributed by atoms with E-state index in [2.05, 4.69) is 12.6 Å². The molecule has 0 aromatic rings. The van der Waals surface area contributed by atoms with Crippen LogP contribution in [-0.4, -0.2) is 56.9 Å². The first-order valence-electron chi connectivity index (χ1n) is 3.56. The van der Waals surface area contributed by atoms with Gasteiger partial charge in [0.2, 0.25) is 0 Å². The number of aliphatic hydroxyl groups is 4. The number of thiol groups is 1. The van der Waals surface area contributed by atoms with Gasteiger partial charge in [-0.3, -0.25) is 0 Å². The minimum atomic E-state index is -1.46. The molecule has 1 heterocycles. The topological polar surface area (TPSA) is 90.2 Å². The van der Waals surface area contributed by atoms with E-state index in [1.807, 2.05) is 0 Å². The van der Waals surface area contributed by atoms with Crippen LogP contribution in [0.1, 0.15) is 0 Å². The predicted octanol–water partition coefficient (Wildman–Crippen LogP) is -2.28. The second-order valence-corrected chi connectivity index (χ2v) is 3.08. The molecule has 0 aromatic heterocycles. The average Bonchev–Trinajstić information content (AvgIpc) is 2.08. The molecule has 1 rings (SSSR count). The largest absolute Gasteiger partial charge is 0.388 e. The van der Waals surface area contributed by atoms with Crippen LogP contribution < -0.4 is 0 Å². The van der Waals surface area contributed by atoms with Crippen LogP contribution in [0.25, 0.3) is 0 Å². The summed E-state index contributed by atoms with van der Waals surface area (Å²) < 4.78 is 4.75. The highest BCUT2D eigenvalue weighted by atomic mass is 32.1. The maximum Gasteiger partial charge on any atom is 0.183 e. The smallest absolute Gasteiger partial charge is 0.183 e. The fraction of sp³-hybridized carbons (Fsp3) is 1.00. The van der Waals surface area contributed by atoms with Gasteiger partial charge in [-0.25, -0.2) is 0 Å². The molecule has 6 heteroatoms. The van der Waals surface area contributed by atoms with Crippen molar-refractivity contribution in [2.75, 3.05) is 5.75 Å². The lowest BCUT2D eigenvalue weighted by molar-refractivity contribution is -0.276. The number of aliphatic hydroxyl groups excluding tert-OH is 4. The van der Waals surface area contributed by atoms with Crippen LogP contribution in [-0.2, 0) is 4.74 Å². The third-order valence-corrected chi connectivity index (χ3v) is 2.23. The van der Waals surface area contributed by atoms with Gasteiger partial charge in [-0.05, 0) is 0 Å². The van der Waals surface area contributed by atoms with Gasteiger partial charge in [0, 0.05) is 5.75 Å². The molecule has 0 radical (unpaired) electrons. The van der Waals surface area contributed by atoms with E-state index in [9.17, 15) is 5.11 Å². The maximum atomic E-state index is 9.23. The quantitative estimate of drug-likeness (QED) is 0.305. The molecule has 1 fully saturated rings. The van der Waals surface area contributed by atoms with Crippen LogP contribution in [0, 0.1) is 0 Å². The Morgan fingerprint density at radius 1 is 1.00 bits per heavy atom. The first-order valence-corrected chi connectivity index (χ1v) is 4.19. The van der Waals surface area contributed by atoms with E-state index in [0.29, 0.717) is 0 Å². The van der Waals surface area contributed by atoms with E-state index in [-0.39, 0.29) is 5.75 Å². The molecule has 1 aliphatic rings. The SMILES string of the molecule is OC1[C@H](O)OC(CS)[C@@H](O)[C@@H]1O. The number of hydrogen-bond donors (Lipinski definition) is 5. The van der Waals surface area contributed by atoms with Gasteiger partial charge in [0.1, 0.15) is 18.3 Å². The summed E-state index contributed by atoms with van der Waals surface area (Å²) >= 11 is 3.84. The van der Waals surface area contributed by atoms with Crippen LogP contribution >= 0.6 is 12.6 Å². The summed E-state index contributed by atoms with van der Waals surface area (Å²) in [4.78, 5) is 0. The van der Waals surface area contributed by atoms with E-state index < -0.39 is 30.7 Å². The number of hydrogen-bond acceptors (Lipinski definition) is 6. The second-order valence-electron chi connectivity index (χ2n) is 2.72. The van der Waals surface area contributed by atoms with Crippen molar-refractivity contribution in [3.8, 4) is 0 Å². The molecule has 72 valence electrons. The summed E-state index contributed by atoms with van der Waals surface area (Å²) in [6.45, 7) is 0. The molecule has 1 aliphatic heterocycles. The van der Waals surface area contributed by atoms with E-state index in [4.69, 9.17) is 20.1 Å². The average molecular weight is 196 g/mol. The van der Waals surface area contributed by atoms with Gasteiger partial charge in [0.05, 0.1) is 6.10 Å². The van der Waals surface area contributed by atoms with Crippen molar-refractivity contribution in [1.29, 1.82) is 0 Å². The summed E-state index contributed by atoms with van der Waals surface area (Å²) in [6.07, 6.45) is -6.26. The lowest BCUT2D eigenvalue weighted by Gasteiger charge is -2.37. The van der Waals surface area contributed by atoms with Crippen LogP contribution in [0.2, 0.25) is 0 Å². The molecule has 5 nitrogen and oxygen atoms in total. The van der Waals surface area contributed by atoms with E-state index in [0.717, 1.165) is 0 Å². The van der Waals surface area contributed by atoms with Crippen molar-refractivity contribution >= 4 is 12.6 Å². The minimum absolute atomic E-state index is 0.169. The monoisotopic (exact) mass is 196 g/mol. The summed E-state index contributed by atoms with van der Waals surface area (Å²) in [5.74, 6) is 0.169. The highest BCUT2D eigenvalue weighted by molar-refractivity contribution is 7.80. The zero-order valence-electron chi connectivity index (χ0n) is 6.24. The standard InChI is InChI=1S/C6H12O5S/c7-3-2(1-12)11-6(10)5(9)4(3)8/h2-10,12H,1H2/t2?,3-,4+,5?,6-/m1/s1. The van der Waals surface area contributed by atoms with E-state index in [1.165, 1.54) is 0 Å². The zero-order chi connectivity index (χ0) is 9.30. The molecule has 0 spiro atoms. The first-order chi connectivity index (χ1) is 5.57. The van der Waals surface area contributed by atoms with Gasteiger partial charge < -0.3 is 25.2 Å². The summed E-state index contributed by atoms with van der Waals surface area (Å²) in [6, 6.07) is 0. The molecule has 12 heavy (non-hydrogen) atoms. The zero-order valence-corrected chi connectivity index (χ0v) is 7.13. The van der Waals surface area contributed by atoms with Crippen LogP contribution in [0.5, 0.6) is 0 Å². The van der Waals surface area contributed by atoms with Gasteiger partial charge in [-0.15, -0.1) is 0 Å². The highest BCUT2D eigenvalue weighted by Crippen LogP contribution is 2.20. The summed E-state index contributed by atoms with van der Waals surface area (Å²) in [5.41, 5.74) is 0.